The van der Waals surface area contributed by atoms with Crippen LogP contribution in [0.3, 0.4) is 0 Å². The quantitative estimate of drug-likeness (QED) is 0.311. The number of hydrogen-bond donors (Lipinski definition) is 4. The van der Waals surface area contributed by atoms with Crippen LogP contribution in [0.1, 0.15) is 57.9 Å². The number of benzene rings is 1. The third-order valence-electron chi connectivity index (χ3n) is 6.55. The van der Waals surface area contributed by atoms with Crippen LogP contribution in [0.4, 0.5) is 0 Å². The summed E-state index contributed by atoms with van der Waals surface area (Å²) in [6.45, 7) is 7.38. The molecule has 1 amide bonds. The Balaban J connectivity index is 0.000000466. The van der Waals surface area contributed by atoms with E-state index in [0.29, 0.717) is 12.2 Å². The Labute approximate surface area is 207 Å². The van der Waals surface area contributed by atoms with Gasteiger partial charge in [-0.2, -0.15) is 0 Å². The zero-order valence-electron chi connectivity index (χ0n) is 20.7. The Morgan fingerprint density at radius 1 is 1.00 bits per heavy atom. The standard InChI is InChI=1S/C23H34N2O2.C4H4O4/c1-18(2)8-7-15-25-16-13-21(14-17-25)24-22(26)23(27,20-11-6-12-20)19-9-4-3-5-10-19;5-3(6)1-2-4(7)8/h3-5,8-10,20-21,27H,6-7,11-17H2,1-2H3,(H,24,26);1-2H,(H,5,6)(H,7,8)/b;2-1+/t23-;/m0./s1. The van der Waals surface area contributed by atoms with E-state index in [9.17, 15) is 19.5 Å². The SMILES string of the molecule is CC(C)=CCCN1CCC(NC(=O)[C@](O)(c2ccccc2)C2CCC2)CC1.O=C(O)/C=C/C(=O)O. The van der Waals surface area contributed by atoms with Gasteiger partial charge in [-0.1, -0.05) is 48.4 Å². The number of nitrogens with zero attached hydrogens (tertiary/aromatic N) is 1. The summed E-state index contributed by atoms with van der Waals surface area (Å²) in [5.41, 5.74) is 0.708. The first-order chi connectivity index (χ1) is 16.6. The second-order valence-corrected chi connectivity index (χ2v) is 9.43. The molecule has 35 heavy (non-hydrogen) atoms. The van der Waals surface area contributed by atoms with Crippen LogP contribution >= 0.6 is 0 Å². The Morgan fingerprint density at radius 3 is 2.03 bits per heavy atom. The van der Waals surface area contributed by atoms with E-state index < -0.39 is 17.5 Å². The van der Waals surface area contributed by atoms with Crippen LogP contribution in [0.25, 0.3) is 0 Å². The molecule has 4 N–H and O–H groups in total. The van der Waals surface area contributed by atoms with Crippen LogP contribution in [0.15, 0.2) is 54.1 Å². The zero-order chi connectivity index (χ0) is 25.8. The number of nitrogens with one attached hydrogen (secondary N) is 1. The fourth-order valence-corrected chi connectivity index (χ4v) is 4.35. The summed E-state index contributed by atoms with van der Waals surface area (Å²) in [4.78, 5) is 34.7. The molecule has 1 saturated heterocycles. The summed E-state index contributed by atoms with van der Waals surface area (Å²) in [6, 6.07) is 9.64. The first-order valence-corrected chi connectivity index (χ1v) is 12.2. The number of carboxylic acid groups (broad SMARTS) is 2. The van der Waals surface area contributed by atoms with E-state index in [-0.39, 0.29) is 17.9 Å². The topological polar surface area (TPSA) is 127 Å². The molecule has 192 valence electrons. The van der Waals surface area contributed by atoms with Crippen LogP contribution in [-0.4, -0.2) is 63.7 Å². The summed E-state index contributed by atoms with van der Waals surface area (Å²) in [6.07, 6.45) is 9.33. The molecule has 1 aliphatic heterocycles. The van der Waals surface area contributed by atoms with Crippen LogP contribution in [0.2, 0.25) is 0 Å². The number of piperidine rings is 1. The first-order valence-electron chi connectivity index (χ1n) is 12.2. The molecule has 3 rings (SSSR count). The molecule has 0 radical (unpaired) electrons. The Hall–Kier alpha value is -2.97. The minimum atomic E-state index is -1.39. The van der Waals surface area contributed by atoms with Gasteiger partial charge in [0.2, 0.25) is 0 Å². The average Bonchev–Trinajstić information content (AvgIpc) is 2.78. The van der Waals surface area contributed by atoms with Gasteiger partial charge in [0.15, 0.2) is 5.60 Å². The number of carboxylic acids is 2. The average molecular weight is 487 g/mol. The summed E-state index contributed by atoms with van der Waals surface area (Å²) in [5.74, 6) is -2.69. The molecular formula is C27H38N2O6. The van der Waals surface area contributed by atoms with Gasteiger partial charge in [0.05, 0.1) is 0 Å². The minimum absolute atomic E-state index is 0.0315. The number of aliphatic hydroxyl groups is 1. The lowest BCUT2D eigenvalue weighted by Crippen LogP contribution is -2.55. The molecule has 1 heterocycles. The van der Waals surface area contributed by atoms with Crippen molar-refractivity contribution in [3.8, 4) is 0 Å². The highest BCUT2D eigenvalue weighted by Gasteiger charge is 2.48. The number of allylic oxidation sites excluding steroid dienone is 1. The fraction of sp³-hybridized carbons (Fsp3) is 0.519. The van der Waals surface area contributed by atoms with Gasteiger partial charge in [-0.15, -0.1) is 0 Å². The van der Waals surface area contributed by atoms with Crippen LogP contribution < -0.4 is 5.32 Å². The maximum absolute atomic E-state index is 13.1. The van der Waals surface area contributed by atoms with Crippen molar-refractivity contribution in [1.82, 2.24) is 10.2 Å². The molecule has 0 unspecified atom stereocenters. The van der Waals surface area contributed by atoms with Crippen LogP contribution in [0, 0.1) is 5.92 Å². The van der Waals surface area contributed by atoms with Gasteiger partial charge in [0.1, 0.15) is 0 Å². The second-order valence-electron chi connectivity index (χ2n) is 9.43. The Kier molecular flexibility index (Phi) is 11.1. The van der Waals surface area contributed by atoms with E-state index in [4.69, 9.17) is 10.2 Å². The predicted molar refractivity (Wildman–Crippen MR) is 134 cm³/mol. The lowest BCUT2D eigenvalue weighted by molar-refractivity contribution is -0.153. The normalized spacial score (nSPS) is 18.5. The Bertz CT molecular complexity index is 882. The van der Waals surface area contributed by atoms with Gasteiger partial charge in [-0.05, 0) is 51.5 Å². The van der Waals surface area contributed by atoms with E-state index in [1.54, 1.807) is 0 Å². The van der Waals surface area contributed by atoms with Gasteiger partial charge < -0.3 is 25.5 Å². The van der Waals surface area contributed by atoms with Gasteiger partial charge in [0, 0.05) is 43.7 Å². The third kappa shape index (κ3) is 8.96. The van der Waals surface area contributed by atoms with Crippen molar-refractivity contribution in [2.24, 2.45) is 5.92 Å². The molecule has 1 aliphatic carbocycles. The smallest absolute Gasteiger partial charge is 0.328 e. The van der Waals surface area contributed by atoms with E-state index in [2.05, 4.69) is 30.1 Å². The molecule has 1 atom stereocenters. The predicted octanol–water partition coefficient (Wildman–Crippen LogP) is 3.32. The number of rotatable bonds is 9. The maximum atomic E-state index is 13.1. The second kappa shape index (κ2) is 13.8. The van der Waals surface area contributed by atoms with Crippen molar-refractivity contribution in [3.63, 3.8) is 0 Å². The molecule has 1 saturated carbocycles. The summed E-state index contributed by atoms with van der Waals surface area (Å²) < 4.78 is 0. The summed E-state index contributed by atoms with van der Waals surface area (Å²) in [5, 5.41) is 30.2. The van der Waals surface area contributed by atoms with Crippen LogP contribution in [0.5, 0.6) is 0 Å². The molecular weight excluding hydrogens is 448 g/mol. The highest BCUT2D eigenvalue weighted by molar-refractivity contribution is 5.89. The molecule has 1 aromatic rings. The zero-order valence-corrected chi connectivity index (χ0v) is 20.7. The number of aliphatic carboxylic acids is 2. The van der Waals surface area contributed by atoms with Gasteiger partial charge in [-0.3, -0.25) is 4.79 Å². The van der Waals surface area contributed by atoms with Gasteiger partial charge in [-0.25, -0.2) is 9.59 Å². The number of carbonyl (C=O) groups excluding carboxylic acids is 1. The van der Waals surface area contributed by atoms with Gasteiger partial charge in [0.25, 0.3) is 5.91 Å². The molecule has 1 aromatic carbocycles. The Morgan fingerprint density at radius 2 is 1.57 bits per heavy atom. The fourth-order valence-electron chi connectivity index (χ4n) is 4.35. The van der Waals surface area contributed by atoms with Crippen molar-refractivity contribution in [2.75, 3.05) is 19.6 Å². The number of carbonyl (C=O) groups is 3. The third-order valence-corrected chi connectivity index (χ3v) is 6.55. The minimum Gasteiger partial charge on any atom is -0.478 e. The lowest BCUT2D eigenvalue weighted by Gasteiger charge is -2.42. The van der Waals surface area contributed by atoms with E-state index in [0.717, 1.165) is 63.7 Å². The largest absolute Gasteiger partial charge is 0.478 e. The monoisotopic (exact) mass is 486 g/mol. The molecule has 0 aromatic heterocycles. The number of amides is 1. The molecule has 8 heteroatoms. The molecule has 8 nitrogen and oxygen atoms in total. The van der Waals surface area contributed by atoms with Crippen molar-refractivity contribution < 1.29 is 29.7 Å². The van der Waals surface area contributed by atoms with Crippen molar-refractivity contribution in [1.29, 1.82) is 0 Å². The van der Waals surface area contributed by atoms with Gasteiger partial charge >= 0.3 is 11.9 Å². The highest BCUT2D eigenvalue weighted by Crippen LogP contribution is 2.42. The summed E-state index contributed by atoms with van der Waals surface area (Å²) in [7, 11) is 0. The highest BCUT2D eigenvalue weighted by atomic mass is 16.4. The van der Waals surface area contributed by atoms with E-state index in [1.165, 1.54) is 5.57 Å². The van der Waals surface area contributed by atoms with Crippen LogP contribution in [-0.2, 0) is 20.0 Å². The lowest BCUT2D eigenvalue weighted by atomic mass is 9.69. The maximum Gasteiger partial charge on any atom is 0.328 e. The van der Waals surface area contributed by atoms with E-state index in [1.807, 2.05) is 30.3 Å². The molecule has 2 aliphatic rings. The molecule has 2 fully saturated rings. The molecule has 0 bridgehead atoms. The molecule has 0 spiro atoms. The van der Waals surface area contributed by atoms with Crippen molar-refractivity contribution >= 4 is 17.8 Å². The number of likely N-dealkylation sites (tertiary alicyclic amines) is 1. The van der Waals surface area contributed by atoms with Crippen molar-refractivity contribution in [2.45, 2.75) is 64.0 Å². The number of hydrogen-bond acceptors (Lipinski definition) is 5. The van der Waals surface area contributed by atoms with Crippen molar-refractivity contribution in [3.05, 3.63) is 59.7 Å². The summed E-state index contributed by atoms with van der Waals surface area (Å²) >= 11 is 0. The first kappa shape index (κ1) is 28.3. The van der Waals surface area contributed by atoms with E-state index >= 15 is 0 Å².